The number of aromatic nitrogens is 4. The van der Waals surface area contributed by atoms with Crippen LogP contribution in [0, 0.1) is 18.5 Å². The molecule has 0 bridgehead atoms. The summed E-state index contributed by atoms with van der Waals surface area (Å²) in [5.41, 5.74) is 2.84. The highest BCUT2D eigenvalue weighted by atomic mass is 32.1. The van der Waals surface area contributed by atoms with Gasteiger partial charge >= 0.3 is 0 Å². The number of ether oxygens (including phenoxy) is 1. The SMILES string of the molecule is COCc1cc(=S)nc(-n2nc(C)cc2C)[nH]1. The first-order valence-corrected chi connectivity index (χ1v) is 5.64. The molecular formula is C11H14N4OS. The molecule has 0 saturated heterocycles. The number of hydrogen-bond acceptors (Lipinski definition) is 4. The highest BCUT2D eigenvalue weighted by Crippen LogP contribution is 2.09. The molecule has 2 aromatic rings. The van der Waals surface area contributed by atoms with Gasteiger partial charge in [-0.1, -0.05) is 12.2 Å². The van der Waals surface area contributed by atoms with Crippen molar-refractivity contribution in [2.45, 2.75) is 20.5 Å². The maximum atomic E-state index is 5.12. The number of nitrogens with one attached hydrogen (secondary N) is 1. The number of hydrogen-bond donors (Lipinski definition) is 1. The predicted molar refractivity (Wildman–Crippen MR) is 66.7 cm³/mol. The first kappa shape index (κ1) is 11.9. The van der Waals surface area contributed by atoms with E-state index in [9.17, 15) is 0 Å². The van der Waals surface area contributed by atoms with Crippen LogP contribution in [0.5, 0.6) is 0 Å². The quantitative estimate of drug-likeness (QED) is 0.847. The molecule has 2 heterocycles. The molecule has 2 rings (SSSR count). The van der Waals surface area contributed by atoms with Gasteiger partial charge in [-0.2, -0.15) is 5.10 Å². The lowest BCUT2D eigenvalue weighted by molar-refractivity contribution is 0.181. The fourth-order valence-corrected chi connectivity index (χ4v) is 1.90. The third kappa shape index (κ3) is 2.59. The van der Waals surface area contributed by atoms with Gasteiger partial charge in [-0.25, -0.2) is 9.67 Å². The molecule has 2 aromatic heterocycles. The lowest BCUT2D eigenvalue weighted by atomic mass is 10.4. The molecule has 0 atom stereocenters. The maximum Gasteiger partial charge on any atom is 0.229 e. The van der Waals surface area contributed by atoms with E-state index >= 15 is 0 Å². The molecule has 0 aliphatic rings. The first-order valence-electron chi connectivity index (χ1n) is 5.23. The molecule has 0 saturated carbocycles. The van der Waals surface area contributed by atoms with Crippen LogP contribution in [0.15, 0.2) is 12.1 Å². The molecule has 90 valence electrons. The Bertz CT molecular complexity index is 587. The molecular weight excluding hydrogens is 236 g/mol. The van der Waals surface area contributed by atoms with Gasteiger partial charge in [0.15, 0.2) is 0 Å². The van der Waals surface area contributed by atoms with Gasteiger partial charge < -0.3 is 9.72 Å². The van der Waals surface area contributed by atoms with E-state index in [0.717, 1.165) is 17.1 Å². The number of H-pyrrole nitrogens is 1. The fourth-order valence-electron chi connectivity index (χ4n) is 1.67. The molecule has 0 fully saturated rings. The molecule has 0 aliphatic heterocycles. The fraction of sp³-hybridized carbons (Fsp3) is 0.364. The lowest BCUT2D eigenvalue weighted by Gasteiger charge is -2.06. The highest BCUT2D eigenvalue weighted by molar-refractivity contribution is 7.71. The van der Waals surface area contributed by atoms with Crippen molar-refractivity contribution in [3.8, 4) is 5.95 Å². The molecule has 0 spiro atoms. The molecule has 0 radical (unpaired) electrons. The molecule has 6 heteroatoms. The third-order valence-corrected chi connectivity index (χ3v) is 2.51. The van der Waals surface area contributed by atoms with E-state index in [-0.39, 0.29) is 0 Å². The smallest absolute Gasteiger partial charge is 0.229 e. The molecule has 1 N–H and O–H groups in total. The maximum absolute atomic E-state index is 5.12. The van der Waals surface area contributed by atoms with E-state index in [0.29, 0.717) is 17.2 Å². The highest BCUT2D eigenvalue weighted by Gasteiger charge is 2.06. The van der Waals surface area contributed by atoms with Gasteiger partial charge in [0.05, 0.1) is 12.3 Å². The molecule has 0 aromatic carbocycles. The summed E-state index contributed by atoms with van der Waals surface area (Å²) in [5, 5.41) is 4.36. The lowest BCUT2D eigenvalue weighted by Crippen LogP contribution is -2.07. The monoisotopic (exact) mass is 250 g/mol. The minimum absolute atomic E-state index is 0.471. The molecule has 0 unspecified atom stereocenters. The van der Waals surface area contributed by atoms with Crippen LogP contribution in [0.25, 0.3) is 5.95 Å². The summed E-state index contributed by atoms with van der Waals surface area (Å²) in [6.45, 7) is 4.39. The van der Waals surface area contributed by atoms with Crippen LogP contribution in [0.1, 0.15) is 17.1 Å². The number of aromatic amines is 1. The molecule has 17 heavy (non-hydrogen) atoms. The van der Waals surface area contributed by atoms with Gasteiger partial charge in [0.2, 0.25) is 5.95 Å². The molecule has 5 nitrogen and oxygen atoms in total. The zero-order chi connectivity index (χ0) is 12.4. The van der Waals surface area contributed by atoms with Crippen molar-refractivity contribution in [2.75, 3.05) is 7.11 Å². The van der Waals surface area contributed by atoms with Crippen molar-refractivity contribution in [2.24, 2.45) is 0 Å². The van der Waals surface area contributed by atoms with Crippen molar-refractivity contribution in [3.05, 3.63) is 33.9 Å². The number of rotatable bonds is 3. The van der Waals surface area contributed by atoms with Gasteiger partial charge in [0.1, 0.15) is 4.64 Å². The summed E-state index contributed by atoms with van der Waals surface area (Å²) in [5.74, 6) is 0.621. The zero-order valence-electron chi connectivity index (χ0n) is 10.0. The van der Waals surface area contributed by atoms with E-state index < -0.39 is 0 Å². The Morgan fingerprint density at radius 1 is 1.41 bits per heavy atom. The van der Waals surface area contributed by atoms with Crippen molar-refractivity contribution < 1.29 is 4.74 Å². The standard InChI is InChI=1S/C11H14N4OS/c1-7-4-8(2)15(14-7)11-12-9(6-16-3)5-10(17)13-11/h4-5H,6H2,1-3H3,(H,12,13,17). The van der Waals surface area contributed by atoms with Gasteiger partial charge in [-0.05, 0) is 26.0 Å². The summed E-state index contributed by atoms with van der Waals surface area (Å²) in [6.07, 6.45) is 0. The minimum atomic E-state index is 0.471. The Morgan fingerprint density at radius 2 is 2.18 bits per heavy atom. The van der Waals surface area contributed by atoms with Crippen molar-refractivity contribution in [3.63, 3.8) is 0 Å². The zero-order valence-corrected chi connectivity index (χ0v) is 10.8. The Hall–Kier alpha value is -1.53. The molecule has 0 aliphatic carbocycles. The van der Waals surface area contributed by atoms with Crippen LogP contribution in [0.4, 0.5) is 0 Å². The largest absolute Gasteiger partial charge is 0.378 e. The summed E-state index contributed by atoms with van der Waals surface area (Å²) in [6, 6.07) is 3.77. The second kappa shape index (κ2) is 4.77. The topological polar surface area (TPSA) is 55.7 Å². The first-order chi connectivity index (χ1) is 8.10. The second-order valence-electron chi connectivity index (χ2n) is 3.84. The van der Waals surface area contributed by atoms with E-state index in [1.165, 1.54) is 0 Å². The van der Waals surface area contributed by atoms with E-state index in [1.54, 1.807) is 17.9 Å². The normalized spacial score (nSPS) is 10.8. The van der Waals surface area contributed by atoms with Gasteiger partial charge in [0.25, 0.3) is 0 Å². The summed E-state index contributed by atoms with van der Waals surface area (Å²) >= 11 is 5.12. The Morgan fingerprint density at radius 3 is 2.76 bits per heavy atom. The summed E-state index contributed by atoms with van der Waals surface area (Å²) in [4.78, 5) is 7.42. The van der Waals surface area contributed by atoms with Gasteiger partial charge in [0, 0.05) is 18.5 Å². The van der Waals surface area contributed by atoms with E-state index in [1.807, 2.05) is 19.9 Å². The third-order valence-electron chi connectivity index (χ3n) is 2.30. The average Bonchev–Trinajstić information content (AvgIpc) is 2.57. The van der Waals surface area contributed by atoms with Gasteiger partial charge in [-0.15, -0.1) is 0 Å². The van der Waals surface area contributed by atoms with Crippen molar-refractivity contribution >= 4 is 12.2 Å². The van der Waals surface area contributed by atoms with Crippen LogP contribution in [0.2, 0.25) is 0 Å². The van der Waals surface area contributed by atoms with Crippen molar-refractivity contribution in [1.29, 1.82) is 0 Å². The van der Waals surface area contributed by atoms with Crippen LogP contribution in [0.3, 0.4) is 0 Å². The Kier molecular flexibility index (Phi) is 3.35. The van der Waals surface area contributed by atoms with Crippen LogP contribution < -0.4 is 0 Å². The Labute approximate surface area is 104 Å². The van der Waals surface area contributed by atoms with E-state index in [2.05, 4.69) is 15.1 Å². The summed E-state index contributed by atoms with van der Waals surface area (Å²) < 4.78 is 7.34. The molecule has 0 amide bonds. The second-order valence-corrected chi connectivity index (χ2v) is 4.26. The minimum Gasteiger partial charge on any atom is -0.378 e. The van der Waals surface area contributed by atoms with Crippen molar-refractivity contribution in [1.82, 2.24) is 19.7 Å². The van der Waals surface area contributed by atoms with Crippen LogP contribution in [-0.2, 0) is 11.3 Å². The summed E-state index contributed by atoms with van der Waals surface area (Å²) in [7, 11) is 1.64. The van der Waals surface area contributed by atoms with Gasteiger partial charge in [-0.3, -0.25) is 0 Å². The van der Waals surface area contributed by atoms with E-state index in [4.69, 9.17) is 17.0 Å². The van der Waals surface area contributed by atoms with Crippen LogP contribution >= 0.6 is 12.2 Å². The number of aryl methyl sites for hydroxylation is 2. The number of methoxy groups -OCH3 is 1. The predicted octanol–water partition coefficient (Wildman–Crippen LogP) is 2.09. The van der Waals surface area contributed by atoms with Crippen LogP contribution in [-0.4, -0.2) is 26.9 Å². The Balaban J connectivity index is 2.51. The average molecular weight is 250 g/mol. The number of nitrogens with zero attached hydrogens (tertiary/aromatic N) is 3.